The molecule has 0 aromatic carbocycles. The summed E-state index contributed by atoms with van der Waals surface area (Å²) in [6.07, 6.45) is 2.02. The molecule has 1 amide bonds. The van der Waals surface area contributed by atoms with E-state index in [-0.39, 0.29) is 12.1 Å². The maximum Gasteiger partial charge on any atom is 0.407 e. The van der Waals surface area contributed by atoms with Crippen LogP contribution < -0.4 is 5.32 Å². The maximum atomic E-state index is 11.3. The van der Waals surface area contributed by atoms with Crippen LogP contribution in [-0.2, 0) is 4.74 Å². The summed E-state index contributed by atoms with van der Waals surface area (Å²) in [5.41, 5.74) is -0.445. The molecule has 1 fully saturated rings. The second-order valence-electron chi connectivity index (χ2n) is 5.04. The largest absolute Gasteiger partial charge is 0.444 e. The van der Waals surface area contributed by atoms with E-state index in [1.165, 1.54) is 0 Å². The number of alkyl carbamates (subject to hydrolysis) is 1. The quantitative estimate of drug-likeness (QED) is 0.760. The van der Waals surface area contributed by atoms with Crippen molar-refractivity contribution in [2.45, 2.75) is 51.7 Å². The Morgan fingerprint density at radius 2 is 2.13 bits per heavy atom. The number of amides is 1. The Kier molecular flexibility index (Phi) is 3.57. The molecule has 0 bridgehead atoms. The van der Waals surface area contributed by atoms with Crippen LogP contribution in [-0.4, -0.2) is 17.7 Å². The lowest BCUT2D eigenvalue weighted by atomic mass is 9.79. The molecular weight excluding hydrogens is 192 g/mol. The van der Waals surface area contributed by atoms with Crippen molar-refractivity contribution >= 4 is 6.09 Å². The zero-order chi connectivity index (χ0) is 11.5. The average Bonchev–Trinajstić information content (AvgIpc) is 1.97. The molecule has 0 radical (unpaired) electrons. The first-order valence-corrected chi connectivity index (χ1v) is 5.27. The van der Waals surface area contributed by atoms with Gasteiger partial charge in [0.05, 0.1) is 6.07 Å². The van der Waals surface area contributed by atoms with Gasteiger partial charge >= 0.3 is 6.09 Å². The maximum absolute atomic E-state index is 11.3. The predicted octanol–water partition coefficient (Wildman–Crippen LogP) is 2.20. The van der Waals surface area contributed by atoms with E-state index in [0.29, 0.717) is 12.3 Å². The highest BCUT2D eigenvalue weighted by Gasteiger charge is 2.31. The highest BCUT2D eigenvalue weighted by Crippen LogP contribution is 2.29. The third kappa shape index (κ3) is 4.20. The first-order valence-electron chi connectivity index (χ1n) is 5.27. The van der Waals surface area contributed by atoms with Crippen LogP contribution in [0.3, 0.4) is 0 Å². The van der Waals surface area contributed by atoms with Crippen molar-refractivity contribution in [1.82, 2.24) is 5.32 Å². The molecule has 4 nitrogen and oxygen atoms in total. The van der Waals surface area contributed by atoms with Crippen molar-refractivity contribution in [1.29, 1.82) is 5.26 Å². The van der Waals surface area contributed by atoms with Crippen LogP contribution in [0.25, 0.3) is 0 Å². The molecule has 1 aliphatic rings. The lowest BCUT2D eigenvalue weighted by Gasteiger charge is -2.34. The minimum Gasteiger partial charge on any atom is -0.444 e. The molecule has 0 aliphatic heterocycles. The van der Waals surface area contributed by atoms with E-state index in [9.17, 15) is 4.79 Å². The second kappa shape index (κ2) is 4.52. The Balaban J connectivity index is 2.17. The van der Waals surface area contributed by atoms with Gasteiger partial charge < -0.3 is 10.1 Å². The van der Waals surface area contributed by atoms with Crippen molar-refractivity contribution in [3.8, 4) is 6.07 Å². The fraction of sp³-hybridized carbons (Fsp3) is 0.818. The minimum atomic E-state index is -0.445. The molecule has 0 aromatic heterocycles. The number of nitriles is 1. The number of nitrogens with zero attached hydrogens (tertiary/aromatic N) is 1. The number of rotatable bonds is 2. The molecule has 0 saturated heterocycles. The average molecular weight is 210 g/mol. The van der Waals surface area contributed by atoms with E-state index in [1.54, 1.807) is 0 Å². The van der Waals surface area contributed by atoms with Gasteiger partial charge in [-0.3, -0.25) is 0 Å². The van der Waals surface area contributed by atoms with Crippen LogP contribution in [0.1, 0.15) is 40.0 Å². The normalized spacial score (nSPS) is 24.9. The molecule has 1 aliphatic carbocycles. The van der Waals surface area contributed by atoms with Gasteiger partial charge in [0.15, 0.2) is 0 Å². The summed E-state index contributed by atoms with van der Waals surface area (Å²) in [6.45, 7) is 5.52. The van der Waals surface area contributed by atoms with Gasteiger partial charge in [0.2, 0.25) is 0 Å². The van der Waals surface area contributed by atoms with Gasteiger partial charge in [0.1, 0.15) is 5.60 Å². The van der Waals surface area contributed by atoms with Gasteiger partial charge in [-0.25, -0.2) is 4.79 Å². The van der Waals surface area contributed by atoms with Gasteiger partial charge in [0, 0.05) is 12.5 Å². The molecule has 1 N–H and O–H groups in total. The third-order valence-electron chi connectivity index (χ3n) is 2.34. The summed E-state index contributed by atoms with van der Waals surface area (Å²) in [7, 11) is 0. The van der Waals surface area contributed by atoms with E-state index in [2.05, 4.69) is 11.4 Å². The van der Waals surface area contributed by atoms with Crippen molar-refractivity contribution in [3.05, 3.63) is 0 Å². The first kappa shape index (κ1) is 11.8. The number of ether oxygens (including phenoxy) is 1. The van der Waals surface area contributed by atoms with E-state index in [0.717, 1.165) is 12.8 Å². The molecule has 0 aromatic rings. The zero-order valence-electron chi connectivity index (χ0n) is 9.54. The van der Waals surface area contributed by atoms with E-state index in [4.69, 9.17) is 10.00 Å². The summed E-state index contributed by atoms with van der Waals surface area (Å²) < 4.78 is 5.12. The molecule has 0 atom stereocenters. The van der Waals surface area contributed by atoms with Gasteiger partial charge in [-0.15, -0.1) is 0 Å². The van der Waals surface area contributed by atoms with Crippen molar-refractivity contribution < 1.29 is 9.53 Å². The molecule has 0 heterocycles. The van der Waals surface area contributed by atoms with Gasteiger partial charge in [0.25, 0.3) is 0 Å². The van der Waals surface area contributed by atoms with Crippen molar-refractivity contribution in [2.75, 3.05) is 0 Å². The van der Waals surface area contributed by atoms with Crippen LogP contribution in [0.15, 0.2) is 0 Å². The molecule has 15 heavy (non-hydrogen) atoms. The lowest BCUT2D eigenvalue weighted by molar-refractivity contribution is 0.0454. The van der Waals surface area contributed by atoms with E-state index < -0.39 is 5.60 Å². The molecule has 0 spiro atoms. The van der Waals surface area contributed by atoms with Crippen molar-refractivity contribution in [3.63, 3.8) is 0 Å². The summed E-state index contributed by atoms with van der Waals surface area (Å²) in [4.78, 5) is 11.3. The number of hydrogen-bond donors (Lipinski definition) is 1. The van der Waals surface area contributed by atoms with Gasteiger partial charge in [-0.2, -0.15) is 5.26 Å². The van der Waals surface area contributed by atoms with Gasteiger partial charge in [-0.05, 0) is 39.5 Å². The molecule has 0 unspecified atom stereocenters. The second-order valence-corrected chi connectivity index (χ2v) is 5.04. The van der Waals surface area contributed by atoms with Crippen LogP contribution in [0.2, 0.25) is 0 Å². The topological polar surface area (TPSA) is 62.1 Å². The number of hydrogen-bond acceptors (Lipinski definition) is 3. The van der Waals surface area contributed by atoms with Crippen LogP contribution in [0.4, 0.5) is 4.79 Å². The van der Waals surface area contributed by atoms with Gasteiger partial charge in [-0.1, -0.05) is 0 Å². The van der Waals surface area contributed by atoms with Crippen LogP contribution >= 0.6 is 0 Å². The Morgan fingerprint density at radius 3 is 2.60 bits per heavy atom. The lowest BCUT2D eigenvalue weighted by Crippen LogP contribution is -2.46. The molecule has 1 rings (SSSR count). The number of carbonyl (C=O) groups is 1. The molecule has 1 saturated carbocycles. The Morgan fingerprint density at radius 1 is 1.53 bits per heavy atom. The molecular formula is C11H18N2O2. The fourth-order valence-corrected chi connectivity index (χ4v) is 1.62. The smallest absolute Gasteiger partial charge is 0.407 e. The zero-order valence-corrected chi connectivity index (χ0v) is 9.54. The summed E-state index contributed by atoms with van der Waals surface area (Å²) >= 11 is 0. The van der Waals surface area contributed by atoms with E-state index >= 15 is 0 Å². The monoisotopic (exact) mass is 210 g/mol. The third-order valence-corrected chi connectivity index (χ3v) is 2.34. The fourth-order valence-electron chi connectivity index (χ4n) is 1.62. The Bertz CT molecular complexity index is 269. The highest BCUT2D eigenvalue weighted by molar-refractivity contribution is 5.68. The molecule has 4 heteroatoms. The predicted molar refractivity (Wildman–Crippen MR) is 56.1 cm³/mol. The number of nitrogens with one attached hydrogen (secondary N) is 1. The SMILES string of the molecule is CC(C)(C)OC(=O)NC1CC(CC#N)C1. The molecule has 84 valence electrons. The summed E-state index contributed by atoms with van der Waals surface area (Å²) in [6, 6.07) is 2.33. The van der Waals surface area contributed by atoms with E-state index in [1.807, 2.05) is 20.8 Å². The Labute approximate surface area is 90.6 Å². The standard InChI is InChI=1S/C11H18N2O2/c1-11(2,3)15-10(14)13-9-6-8(7-9)4-5-12/h8-9H,4,6-7H2,1-3H3,(H,13,14). The number of carbonyl (C=O) groups excluding carboxylic acids is 1. The van der Waals surface area contributed by atoms with Crippen LogP contribution in [0, 0.1) is 17.2 Å². The van der Waals surface area contributed by atoms with Crippen LogP contribution in [0.5, 0.6) is 0 Å². The Hall–Kier alpha value is -1.24. The highest BCUT2D eigenvalue weighted by atomic mass is 16.6. The summed E-state index contributed by atoms with van der Waals surface area (Å²) in [5, 5.41) is 11.3. The minimum absolute atomic E-state index is 0.193. The first-order chi connectivity index (χ1) is 6.90. The summed E-state index contributed by atoms with van der Waals surface area (Å²) in [5.74, 6) is 0.454. The van der Waals surface area contributed by atoms with Crippen molar-refractivity contribution in [2.24, 2.45) is 5.92 Å².